The second kappa shape index (κ2) is 5.19. The molecule has 1 atom stereocenters. The summed E-state index contributed by atoms with van der Waals surface area (Å²) in [7, 11) is 0. The van der Waals surface area contributed by atoms with Crippen LogP contribution in [0, 0.1) is 6.92 Å². The number of aryl methyl sites for hydroxylation is 1. The van der Waals surface area contributed by atoms with Crippen molar-refractivity contribution in [3.63, 3.8) is 0 Å². The van der Waals surface area contributed by atoms with Crippen LogP contribution < -0.4 is 11.1 Å². The van der Waals surface area contributed by atoms with Crippen molar-refractivity contribution >= 4 is 22.9 Å². The minimum absolute atomic E-state index is 0.0578. The van der Waals surface area contributed by atoms with E-state index < -0.39 is 0 Å². The lowest BCUT2D eigenvalue weighted by Gasteiger charge is -2.19. The SMILES string of the molecule is Cc1ccc(C(C)NC(=O)C2(c3ccc(N)cc3)CC2)s1. The number of hydrogen-bond donors (Lipinski definition) is 2. The molecule has 1 saturated carbocycles. The van der Waals surface area contributed by atoms with Crippen molar-refractivity contribution in [1.82, 2.24) is 5.32 Å². The van der Waals surface area contributed by atoms with E-state index in [1.54, 1.807) is 11.3 Å². The molecule has 0 spiro atoms. The Hall–Kier alpha value is -1.81. The predicted octanol–water partition coefficient (Wildman–Crippen LogP) is 3.55. The molecule has 3 N–H and O–H groups in total. The molecule has 3 nitrogen and oxygen atoms in total. The highest BCUT2D eigenvalue weighted by Crippen LogP contribution is 2.48. The minimum Gasteiger partial charge on any atom is -0.399 e. The Morgan fingerprint density at radius 1 is 1.24 bits per heavy atom. The maximum Gasteiger partial charge on any atom is 0.231 e. The van der Waals surface area contributed by atoms with Crippen LogP contribution in [-0.4, -0.2) is 5.91 Å². The summed E-state index contributed by atoms with van der Waals surface area (Å²) in [6.07, 6.45) is 1.83. The number of nitrogens with two attached hydrogens (primary N) is 1. The Kier molecular flexibility index (Phi) is 3.49. The molecule has 3 rings (SSSR count). The van der Waals surface area contributed by atoms with Crippen LogP contribution >= 0.6 is 11.3 Å². The second-order valence-corrected chi connectivity index (χ2v) is 7.17. The third-order valence-corrected chi connectivity index (χ3v) is 5.37. The van der Waals surface area contributed by atoms with Gasteiger partial charge in [0.25, 0.3) is 0 Å². The molecule has 4 heteroatoms. The lowest BCUT2D eigenvalue weighted by Crippen LogP contribution is -2.36. The van der Waals surface area contributed by atoms with Crippen molar-refractivity contribution in [2.24, 2.45) is 0 Å². The van der Waals surface area contributed by atoms with Crippen molar-refractivity contribution < 1.29 is 4.79 Å². The quantitative estimate of drug-likeness (QED) is 0.848. The van der Waals surface area contributed by atoms with Gasteiger partial charge in [-0.3, -0.25) is 4.79 Å². The average Bonchev–Trinajstić information content (AvgIpc) is 3.16. The molecule has 1 aliphatic rings. The van der Waals surface area contributed by atoms with Crippen molar-refractivity contribution in [2.75, 3.05) is 5.73 Å². The second-order valence-electron chi connectivity index (χ2n) is 5.85. The van der Waals surface area contributed by atoms with Crippen LogP contribution in [0.15, 0.2) is 36.4 Å². The molecule has 1 aliphatic carbocycles. The van der Waals surface area contributed by atoms with Crippen LogP contribution in [0.3, 0.4) is 0 Å². The first kappa shape index (κ1) is 14.1. The van der Waals surface area contributed by atoms with Gasteiger partial charge in [0.1, 0.15) is 0 Å². The average molecular weight is 300 g/mol. The molecule has 2 aromatic rings. The third-order valence-electron chi connectivity index (χ3n) is 4.18. The summed E-state index contributed by atoms with van der Waals surface area (Å²) in [6, 6.07) is 11.9. The number of nitrogen functional groups attached to an aromatic ring is 1. The number of carbonyl (C=O) groups is 1. The fraction of sp³-hybridized carbons (Fsp3) is 0.353. The van der Waals surface area contributed by atoms with E-state index in [1.807, 2.05) is 31.2 Å². The number of amides is 1. The summed E-state index contributed by atoms with van der Waals surface area (Å²) in [6.45, 7) is 4.13. The lowest BCUT2D eigenvalue weighted by atomic mass is 9.94. The van der Waals surface area contributed by atoms with Crippen molar-refractivity contribution in [3.05, 3.63) is 51.7 Å². The third kappa shape index (κ3) is 2.68. The fourth-order valence-electron chi connectivity index (χ4n) is 2.67. The molecule has 110 valence electrons. The molecule has 1 aromatic heterocycles. The van der Waals surface area contributed by atoms with E-state index in [4.69, 9.17) is 5.73 Å². The Morgan fingerprint density at radius 3 is 2.43 bits per heavy atom. The number of thiophene rings is 1. The van der Waals surface area contributed by atoms with Crippen molar-refractivity contribution in [3.8, 4) is 0 Å². The van der Waals surface area contributed by atoms with Gasteiger partial charge in [0.2, 0.25) is 5.91 Å². The van der Waals surface area contributed by atoms with E-state index in [2.05, 4.69) is 24.4 Å². The van der Waals surface area contributed by atoms with Gasteiger partial charge < -0.3 is 11.1 Å². The molecule has 1 unspecified atom stereocenters. The molecule has 0 aliphatic heterocycles. The highest BCUT2D eigenvalue weighted by molar-refractivity contribution is 7.12. The van der Waals surface area contributed by atoms with E-state index >= 15 is 0 Å². The van der Waals surface area contributed by atoms with E-state index in [9.17, 15) is 4.79 Å². The van der Waals surface area contributed by atoms with Gasteiger partial charge in [-0.1, -0.05) is 12.1 Å². The highest BCUT2D eigenvalue weighted by Gasteiger charge is 2.51. The predicted molar refractivity (Wildman–Crippen MR) is 87.4 cm³/mol. The first-order chi connectivity index (χ1) is 10.0. The van der Waals surface area contributed by atoms with Crippen LogP contribution in [0.5, 0.6) is 0 Å². The van der Waals surface area contributed by atoms with Gasteiger partial charge in [-0.25, -0.2) is 0 Å². The number of nitrogens with one attached hydrogen (secondary N) is 1. The number of rotatable bonds is 4. The molecule has 1 amide bonds. The standard InChI is InChI=1S/C17H20N2OS/c1-11-3-8-15(21-11)12(2)19-16(20)17(9-10-17)13-4-6-14(18)7-5-13/h3-8,12H,9-10,18H2,1-2H3,(H,19,20). The van der Waals surface area contributed by atoms with Crippen molar-refractivity contribution in [1.29, 1.82) is 0 Å². The number of carbonyl (C=O) groups excluding carboxylic acids is 1. The highest BCUT2D eigenvalue weighted by atomic mass is 32.1. The summed E-state index contributed by atoms with van der Waals surface area (Å²) in [4.78, 5) is 15.1. The number of hydrogen-bond acceptors (Lipinski definition) is 3. The maximum absolute atomic E-state index is 12.7. The van der Waals surface area contributed by atoms with Crippen LogP contribution in [0.25, 0.3) is 0 Å². The molecule has 0 bridgehead atoms. The Labute approximate surface area is 129 Å². The van der Waals surface area contributed by atoms with E-state index in [1.165, 1.54) is 9.75 Å². The van der Waals surface area contributed by atoms with Gasteiger partial charge >= 0.3 is 0 Å². The number of anilines is 1. The molecular formula is C17H20N2OS. The van der Waals surface area contributed by atoms with Gasteiger partial charge in [-0.2, -0.15) is 0 Å². The van der Waals surface area contributed by atoms with Crippen LogP contribution in [0.1, 0.15) is 41.1 Å². The Bertz CT molecular complexity index is 656. The monoisotopic (exact) mass is 300 g/mol. The largest absolute Gasteiger partial charge is 0.399 e. The molecule has 0 radical (unpaired) electrons. The minimum atomic E-state index is -0.339. The van der Waals surface area contributed by atoms with Crippen LogP contribution in [-0.2, 0) is 10.2 Å². The van der Waals surface area contributed by atoms with Crippen molar-refractivity contribution in [2.45, 2.75) is 38.1 Å². The van der Waals surface area contributed by atoms with E-state index in [0.717, 1.165) is 24.1 Å². The summed E-state index contributed by atoms with van der Waals surface area (Å²) >= 11 is 1.74. The summed E-state index contributed by atoms with van der Waals surface area (Å²) in [5, 5.41) is 3.17. The smallest absolute Gasteiger partial charge is 0.231 e. The zero-order valence-corrected chi connectivity index (χ0v) is 13.2. The topological polar surface area (TPSA) is 55.1 Å². The Balaban J connectivity index is 1.74. The van der Waals surface area contributed by atoms with Gasteiger partial charge in [-0.05, 0) is 56.5 Å². The Morgan fingerprint density at radius 2 is 1.90 bits per heavy atom. The normalized spacial score (nSPS) is 17.2. The van der Waals surface area contributed by atoms with Crippen LogP contribution in [0.2, 0.25) is 0 Å². The van der Waals surface area contributed by atoms with Crippen LogP contribution in [0.4, 0.5) is 5.69 Å². The molecule has 0 saturated heterocycles. The van der Waals surface area contributed by atoms with Gasteiger partial charge in [-0.15, -0.1) is 11.3 Å². The summed E-state index contributed by atoms with van der Waals surface area (Å²) in [5.41, 5.74) is 7.19. The molecule has 1 aromatic carbocycles. The molecule has 1 heterocycles. The molecule has 21 heavy (non-hydrogen) atoms. The van der Waals surface area contributed by atoms with Gasteiger partial charge in [0.05, 0.1) is 11.5 Å². The fourth-order valence-corrected chi connectivity index (χ4v) is 3.55. The summed E-state index contributed by atoms with van der Waals surface area (Å²) in [5.74, 6) is 0.130. The van der Waals surface area contributed by atoms with E-state index in [0.29, 0.717) is 0 Å². The first-order valence-corrected chi connectivity index (χ1v) is 8.06. The maximum atomic E-state index is 12.7. The molecule has 1 fully saturated rings. The zero-order chi connectivity index (χ0) is 15.0. The van der Waals surface area contributed by atoms with Gasteiger partial charge in [0, 0.05) is 15.4 Å². The van der Waals surface area contributed by atoms with E-state index in [-0.39, 0.29) is 17.4 Å². The summed E-state index contributed by atoms with van der Waals surface area (Å²) < 4.78 is 0. The zero-order valence-electron chi connectivity index (χ0n) is 12.3. The molecular weight excluding hydrogens is 280 g/mol. The lowest BCUT2D eigenvalue weighted by molar-refractivity contribution is -0.124. The van der Waals surface area contributed by atoms with Gasteiger partial charge in [0.15, 0.2) is 0 Å². The number of benzene rings is 1. The first-order valence-electron chi connectivity index (χ1n) is 7.24.